The smallest absolute Gasteiger partial charge is 0.367 e. The molecule has 3 N–H and O–H groups in total. The lowest BCUT2D eigenvalue weighted by Gasteiger charge is -2.22. The first kappa shape index (κ1) is 17.6. The van der Waals surface area contributed by atoms with Crippen LogP contribution in [-0.4, -0.2) is 29.0 Å². The van der Waals surface area contributed by atoms with Crippen LogP contribution in [0, 0.1) is 0 Å². The molecule has 1 fully saturated rings. The van der Waals surface area contributed by atoms with Gasteiger partial charge in [-0.15, -0.1) is 11.3 Å². The van der Waals surface area contributed by atoms with Crippen molar-refractivity contribution >= 4 is 28.9 Å². The Balaban J connectivity index is 1.68. The summed E-state index contributed by atoms with van der Waals surface area (Å²) in [5.41, 5.74) is 7.69. The number of nitrogens with one attached hydrogen (secondary N) is 1. The lowest BCUT2D eigenvalue weighted by atomic mass is 9.98. The second kappa shape index (κ2) is 7.33. The van der Waals surface area contributed by atoms with Crippen LogP contribution in [0.4, 0.5) is 5.69 Å². The number of anilines is 1. The number of benzene rings is 1. The van der Waals surface area contributed by atoms with Crippen LogP contribution < -0.4 is 11.1 Å². The Labute approximate surface area is 150 Å². The van der Waals surface area contributed by atoms with Crippen molar-refractivity contribution in [3.8, 4) is 11.3 Å². The second-order valence-electron chi connectivity index (χ2n) is 6.15. The molecule has 7 heteroatoms. The van der Waals surface area contributed by atoms with Crippen molar-refractivity contribution in [1.82, 2.24) is 4.98 Å². The summed E-state index contributed by atoms with van der Waals surface area (Å²) < 4.78 is 4.95. The van der Waals surface area contributed by atoms with Gasteiger partial charge in [0.2, 0.25) is 10.9 Å². The fourth-order valence-corrected chi connectivity index (χ4v) is 3.62. The molecule has 1 aromatic carbocycles. The van der Waals surface area contributed by atoms with Crippen molar-refractivity contribution in [2.75, 3.05) is 11.9 Å². The van der Waals surface area contributed by atoms with Crippen LogP contribution in [0.5, 0.6) is 0 Å². The van der Waals surface area contributed by atoms with Crippen molar-refractivity contribution in [1.29, 1.82) is 0 Å². The van der Waals surface area contributed by atoms with E-state index in [2.05, 4.69) is 10.3 Å². The van der Waals surface area contributed by atoms with Crippen molar-refractivity contribution < 1.29 is 14.3 Å². The molecule has 1 aliphatic carbocycles. The van der Waals surface area contributed by atoms with E-state index >= 15 is 0 Å². The highest BCUT2D eigenvalue weighted by Crippen LogP contribution is 2.29. The molecule has 1 heterocycles. The number of esters is 1. The minimum atomic E-state index is -0.748. The predicted octanol–water partition coefficient (Wildman–Crippen LogP) is 3.20. The monoisotopic (exact) mass is 359 g/mol. The van der Waals surface area contributed by atoms with E-state index < -0.39 is 11.5 Å². The van der Waals surface area contributed by atoms with Gasteiger partial charge in [-0.25, -0.2) is 9.78 Å². The van der Waals surface area contributed by atoms with Crippen LogP contribution >= 0.6 is 11.3 Å². The van der Waals surface area contributed by atoms with E-state index in [1.165, 1.54) is 11.3 Å². The number of carbonyl (C=O) groups is 2. The van der Waals surface area contributed by atoms with E-state index in [0.717, 1.165) is 31.2 Å². The predicted molar refractivity (Wildman–Crippen MR) is 97.5 cm³/mol. The molecule has 1 aliphatic rings. The van der Waals surface area contributed by atoms with Crippen molar-refractivity contribution in [2.45, 2.75) is 38.1 Å². The number of aromatic nitrogens is 1. The van der Waals surface area contributed by atoms with E-state index in [4.69, 9.17) is 10.5 Å². The molecule has 0 aliphatic heterocycles. The average Bonchev–Trinajstić information content (AvgIpc) is 3.26. The first-order valence-electron chi connectivity index (χ1n) is 8.35. The molecular formula is C18H21N3O3S. The highest BCUT2D eigenvalue weighted by atomic mass is 32.1. The zero-order chi connectivity index (χ0) is 17.9. The van der Waals surface area contributed by atoms with E-state index in [9.17, 15) is 9.59 Å². The Morgan fingerprint density at radius 1 is 1.28 bits per heavy atom. The summed E-state index contributed by atoms with van der Waals surface area (Å²) in [6.45, 7) is 2.08. The van der Waals surface area contributed by atoms with Crippen molar-refractivity contribution in [3.05, 3.63) is 34.7 Å². The number of ether oxygens (including phenoxy) is 1. The number of rotatable bonds is 5. The molecule has 0 unspecified atom stereocenters. The summed E-state index contributed by atoms with van der Waals surface area (Å²) in [6.07, 6.45) is 3.45. The fourth-order valence-electron chi connectivity index (χ4n) is 2.91. The molecule has 0 spiro atoms. The van der Waals surface area contributed by atoms with Gasteiger partial charge in [0.05, 0.1) is 17.8 Å². The van der Waals surface area contributed by atoms with Crippen LogP contribution in [0.15, 0.2) is 29.6 Å². The zero-order valence-electron chi connectivity index (χ0n) is 14.1. The van der Waals surface area contributed by atoms with Gasteiger partial charge in [-0.05, 0) is 31.9 Å². The number of amides is 1. The van der Waals surface area contributed by atoms with Crippen LogP contribution in [0.25, 0.3) is 11.3 Å². The molecule has 2 aromatic rings. The third kappa shape index (κ3) is 3.88. The number of thiazole rings is 1. The van der Waals surface area contributed by atoms with Gasteiger partial charge in [-0.3, -0.25) is 4.79 Å². The molecule has 0 saturated heterocycles. The Hall–Kier alpha value is -2.25. The largest absolute Gasteiger partial charge is 0.461 e. The molecule has 1 saturated carbocycles. The summed E-state index contributed by atoms with van der Waals surface area (Å²) in [4.78, 5) is 28.3. The maximum atomic E-state index is 12.3. The van der Waals surface area contributed by atoms with Crippen LogP contribution in [0.3, 0.4) is 0 Å². The lowest BCUT2D eigenvalue weighted by Crippen LogP contribution is -2.48. The summed E-state index contributed by atoms with van der Waals surface area (Å²) in [5.74, 6) is -0.538. The number of nitrogens with two attached hydrogens (primary N) is 1. The fraction of sp³-hybridized carbons (Fsp3) is 0.389. The Kier molecular flexibility index (Phi) is 5.15. The van der Waals surface area contributed by atoms with Crippen molar-refractivity contribution in [2.24, 2.45) is 5.73 Å². The molecule has 0 atom stereocenters. The van der Waals surface area contributed by atoms with Crippen LogP contribution in [-0.2, 0) is 9.53 Å². The minimum Gasteiger partial charge on any atom is -0.461 e. The van der Waals surface area contributed by atoms with Gasteiger partial charge in [-0.2, -0.15) is 0 Å². The van der Waals surface area contributed by atoms with Gasteiger partial charge in [-0.1, -0.05) is 25.0 Å². The van der Waals surface area contributed by atoms with E-state index in [1.54, 1.807) is 6.92 Å². The normalized spacial score (nSPS) is 15.8. The Bertz CT molecular complexity index is 764. The second-order valence-corrected chi connectivity index (χ2v) is 7.01. The van der Waals surface area contributed by atoms with Gasteiger partial charge >= 0.3 is 5.97 Å². The molecule has 25 heavy (non-hydrogen) atoms. The number of hydrogen-bond donors (Lipinski definition) is 2. The molecule has 1 amide bonds. The summed E-state index contributed by atoms with van der Waals surface area (Å²) in [6, 6.07) is 7.35. The van der Waals surface area contributed by atoms with Gasteiger partial charge in [0.1, 0.15) is 0 Å². The summed E-state index contributed by atoms with van der Waals surface area (Å²) >= 11 is 1.25. The topological polar surface area (TPSA) is 94.3 Å². The lowest BCUT2D eigenvalue weighted by molar-refractivity contribution is -0.121. The van der Waals surface area contributed by atoms with Gasteiger partial charge in [0, 0.05) is 16.6 Å². The molecule has 1 aromatic heterocycles. The molecule has 6 nitrogen and oxygen atoms in total. The number of nitrogens with zero attached hydrogens (tertiary/aromatic N) is 1. The maximum Gasteiger partial charge on any atom is 0.367 e. The Morgan fingerprint density at radius 3 is 2.60 bits per heavy atom. The van der Waals surface area contributed by atoms with Crippen LogP contribution in [0.2, 0.25) is 0 Å². The summed E-state index contributed by atoms with van der Waals surface area (Å²) in [7, 11) is 0. The average molecular weight is 359 g/mol. The minimum absolute atomic E-state index is 0.129. The Morgan fingerprint density at radius 2 is 1.96 bits per heavy atom. The number of carbonyl (C=O) groups excluding carboxylic acids is 2. The third-order valence-corrected chi connectivity index (χ3v) is 5.16. The van der Waals surface area contributed by atoms with Gasteiger partial charge < -0.3 is 15.8 Å². The standard InChI is InChI=1S/C18H21N3O3S/c1-2-24-16(22)15-21-14(11-25-15)12-5-7-13(8-6-12)20-17(23)18(19)9-3-4-10-18/h5-8,11H,2-4,9-10,19H2,1H3,(H,20,23). The number of hydrogen-bond acceptors (Lipinski definition) is 6. The first-order chi connectivity index (χ1) is 12.0. The summed E-state index contributed by atoms with van der Waals surface area (Å²) in [5, 5.41) is 5.03. The third-order valence-electron chi connectivity index (χ3n) is 4.34. The first-order valence-corrected chi connectivity index (χ1v) is 9.23. The highest BCUT2D eigenvalue weighted by molar-refractivity contribution is 7.11. The zero-order valence-corrected chi connectivity index (χ0v) is 14.9. The van der Waals surface area contributed by atoms with E-state index in [0.29, 0.717) is 23.0 Å². The highest BCUT2D eigenvalue weighted by Gasteiger charge is 2.36. The molecule has 132 valence electrons. The van der Waals surface area contributed by atoms with Crippen molar-refractivity contribution in [3.63, 3.8) is 0 Å². The van der Waals surface area contributed by atoms with E-state index in [1.807, 2.05) is 29.6 Å². The quantitative estimate of drug-likeness (QED) is 0.800. The maximum absolute atomic E-state index is 12.3. The molecular weight excluding hydrogens is 338 g/mol. The van der Waals surface area contributed by atoms with E-state index in [-0.39, 0.29) is 5.91 Å². The van der Waals surface area contributed by atoms with Crippen LogP contribution in [0.1, 0.15) is 42.4 Å². The van der Waals surface area contributed by atoms with Gasteiger partial charge in [0.25, 0.3) is 0 Å². The molecule has 3 rings (SSSR count). The van der Waals surface area contributed by atoms with Gasteiger partial charge in [0.15, 0.2) is 0 Å². The molecule has 0 bridgehead atoms. The molecule has 0 radical (unpaired) electrons. The SMILES string of the molecule is CCOC(=O)c1nc(-c2ccc(NC(=O)C3(N)CCCC3)cc2)cs1.